The highest BCUT2D eigenvalue weighted by molar-refractivity contribution is 6.58. The normalized spacial score (nSPS) is 11.7. The average molecular weight is 446 g/mol. The first-order valence-corrected chi connectivity index (χ1v) is 10.7. The van der Waals surface area contributed by atoms with Crippen molar-refractivity contribution >= 4 is 30.1 Å². The second kappa shape index (κ2) is 11.4. The summed E-state index contributed by atoms with van der Waals surface area (Å²) in [6, 6.07) is 22.7. The van der Waals surface area contributed by atoms with Gasteiger partial charge >= 0.3 is 7.12 Å². The van der Waals surface area contributed by atoms with E-state index in [0.717, 1.165) is 11.1 Å². The van der Waals surface area contributed by atoms with Crippen molar-refractivity contribution in [1.82, 2.24) is 5.48 Å². The van der Waals surface area contributed by atoms with Crippen LogP contribution >= 0.6 is 0 Å². The molecule has 0 aliphatic carbocycles. The lowest BCUT2D eigenvalue weighted by atomic mass is 9.80. The second-order valence-corrected chi connectivity index (χ2v) is 8.03. The van der Waals surface area contributed by atoms with Crippen molar-refractivity contribution in [2.45, 2.75) is 26.4 Å². The van der Waals surface area contributed by atoms with Crippen LogP contribution in [-0.2, 0) is 16.2 Å². The SMILES string of the molecule is CC(C)C(C(=O)Nc1ccc(C(=O)NOCc2ccc(B(O)O)cc2)cc1)c1ccccc1. The molecule has 4 N–H and O–H groups in total. The molecule has 7 nitrogen and oxygen atoms in total. The number of hydroxylamine groups is 1. The lowest BCUT2D eigenvalue weighted by Crippen LogP contribution is -2.29. The van der Waals surface area contributed by atoms with Crippen LogP contribution in [-0.4, -0.2) is 29.0 Å². The van der Waals surface area contributed by atoms with Crippen LogP contribution in [0.3, 0.4) is 0 Å². The van der Waals surface area contributed by atoms with Crippen molar-refractivity contribution in [2.24, 2.45) is 5.92 Å². The fourth-order valence-electron chi connectivity index (χ4n) is 3.45. The van der Waals surface area contributed by atoms with Gasteiger partial charge in [-0.25, -0.2) is 5.48 Å². The monoisotopic (exact) mass is 446 g/mol. The third-order valence-electron chi connectivity index (χ3n) is 5.20. The first-order valence-electron chi connectivity index (χ1n) is 10.7. The lowest BCUT2D eigenvalue weighted by Gasteiger charge is -2.20. The van der Waals surface area contributed by atoms with Crippen molar-refractivity contribution in [3.05, 3.63) is 95.6 Å². The molecule has 2 amide bonds. The molecule has 0 aliphatic heterocycles. The molecule has 1 atom stereocenters. The topological polar surface area (TPSA) is 108 Å². The standard InChI is InChI=1S/C25H27BN2O5/c1-17(2)23(19-6-4-3-5-7-19)25(30)27-22-14-10-20(11-15-22)24(29)28-33-16-18-8-12-21(13-9-18)26(31)32/h3-15,17,23,31-32H,16H2,1-2H3,(H,27,30)(H,28,29). The van der Waals surface area contributed by atoms with Crippen molar-refractivity contribution < 1.29 is 24.5 Å². The highest BCUT2D eigenvalue weighted by atomic mass is 16.6. The van der Waals surface area contributed by atoms with Crippen molar-refractivity contribution in [3.63, 3.8) is 0 Å². The Labute approximate surface area is 193 Å². The molecule has 8 heteroatoms. The number of amides is 2. The zero-order valence-electron chi connectivity index (χ0n) is 18.6. The molecule has 0 fully saturated rings. The van der Waals surface area contributed by atoms with E-state index in [0.29, 0.717) is 16.7 Å². The predicted molar refractivity (Wildman–Crippen MR) is 128 cm³/mol. The Kier molecular flexibility index (Phi) is 8.37. The van der Waals surface area contributed by atoms with E-state index in [1.165, 1.54) is 0 Å². The van der Waals surface area contributed by atoms with Gasteiger partial charge in [0, 0.05) is 11.3 Å². The largest absolute Gasteiger partial charge is 0.488 e. The highest BCUT2D eigenvalue weighted by Crippen LogP contribution is 2.26. The fraction of sp³-hybridized carbons (Fsp3) is 0.200. The van der Waals surface area contributed by atoms with Gasteiger partial charge in [-0.1, -0.05) is 68.4 Å². The van der Waals surface area contributed by atoms with Crippen LogP contribution in [0.4, 0.5) is 5.69 Å². The van der Waals surface area contributed by atoms with E-state index >= 15 is 0 Å². The number of benzene rings is 3. The van der Waals surface area contributed by atoms with Crippen LogP contribution in [0.25, 0.3) is 0 Å². The number of nitrogens with one attached hydrogen (secondary N) is 2. The van der Waals surface area contributed by atoms with Gasteiger partial charge in [0.1, 0.15) is 0 Å². The first kappa shape index (κ1) is 24.2. The van der Waals surface area contributed by atoms with Gasteiger partial charge in [0.05, 0.1) is 12.5 Å². The van der Waals surface area contributed by atoms with Gasteiger partial charge < -0.3 is 15.4 Å². The predicted octanol–water partition coefficient (Wildman–Crippen LogP) is 2.61. The summed E-state index contributed by atoms with van der Waals surface area (Å²) in [6.45, 7) is 4.14. The van der Waals surface area contributed by atoms with E-state index in [-0.39, 0.29) is 24.3 Å². The number of hydrogen-bond donors (Lipinski definition) is 4. The Morgan fingerprint density at radius 2 is 1.55 bits per heavy atom. The quantitative estimate of drug-likeness (QED) is 0.299. The molecule has 33 heavy (non-hydrogen) atoms. The number of carbonyl (C=O) groups is 2. The van der Waals surface area contributed by atoms with Crippen LogP contribution < -0.4 is 16.3 Å². The van der Waals surface area contributed by atoms with Crippen molar-refractivity contribution in [1.29, 1.82) is 0 Å². The van der Waals surface area contributed by atoms with Gasteiger partial charge in [-0.2, -0.15) is 0 Å². The molecule has 1 unspecified atom stereocenters. The molecule has 3 rings (SSSR count). The lowest BCUT2D eigenvalue weighted by molar-refractivity contribution is -0.118. The molecule has 0 radical (unpaired) electrons. The van der Waals surface area contributed by atoms with Crippen LogP contribution in [0.15, 0.2) is 78.9 Å². The number of carbonyl (C=O) groups excluding carboxylic acids is 2. The molecule has 0 saturated carbocycles. The summed E-state index contributed by atoms with van der Waals surface area (Å²) in [6.07, 6.45) is 0. The average Bonchev–Trinajstić information content (AvgIpc) is 2.80. The highest BCUT2D eigenvalue weighted by Gasteiger charge is 2.24. The van der Waals surface area contributed by atoms with E-state index in [9.17, 15) is 9.59 Å². The van der Waals surface area contributed by atoms with Gasteiger partial charge in [-0.15, -0.1) is 0 Å². The molecule has 3 aromatic rings. The maximum absolute atomic E-state index is 12.9. The summed E-state index contributed by atoms with van der Waals surface area (Å²) in [5.41, 5.74) is 5.45. The smallest absolute Gasteiger partial charge is 0.423 e. The van der Waals surface area contributed by atoms with Crippen LogP contribution in [0, 0.1) is 5.92 Å². The Hall–Kier alpha value is -3.46. The summed E-state index contributed by atoms with van der Waals surface area (Å²) in [4.78, 5) is 30.4. The zero-order chi connectivity index (χ0) is 23.8. The molecular weight excluding hydrogens is 419 g/mol. The third kappa shape index (κ3) is 6.76. The minimum Gasteiger partial charge on any atom is -0.423 e. The summed E-state index contributed by atoms with van der Waals surface area (Å²) in [5.74, 6) is -0.673. The van der Waals surface area contributed by atoms with E-state index < -0.39 is 13.0 Å². The summed E-state index contributed by atoms with van der Waals surface area (Å²) < 4.78 is 0. The molecule has 0 bridgehead atoms. The maximum atomic E-state index is 12.9. The number of hydrogen-bond acceptors (Lipinski definition) is 5. The van der Waals surface area contributed by atoms with Gasteiger partial charge in [-0.3, -0.25) is 14.4 Å². The molecule has 3 aromatic carbocycles. The molecular formula is C25H27BN2O5. The Bertz CT molecular complexity index is 1050. The van der Waals surface area contributed by atoms with Crippen molar-refractivity contribution in [3.8, 4) is 0 Å². The zero-order valence-corrected chi connectivity index (χ0v) is 18.6. The first-order chi connectivity index (χ1) is 15.8. The minimum atomic E-state index is -1.53. The van der Waals surface area contributed by atoms with Gasteiger partial charge in [0.25, 0.3) is 5.91 Å². The maximum Gasteiger partial charge on any atom is 0.488 e. The van der Waals surface area contributed by atoms with Crippen LogP contribution in [0.2, 0.25) is 0 Å². The van der Waals surface area contributed by atoms with Crippen LogP contribution in [0.1, 0.15) is 41.3 Å². The van der Waals surface area contributed by atoms with E-state index in [1.54, 1.807) is 48.5 Å². The minimum absolute atomic E-state index is 0.100. The Morgan fingerprint density at radius 3 is 2.12 bits per heavy atom. The third-order valence-corrected chi connectivity index (χ3v) is 5.20. The number of anilines is 1. The molecule has 170 valence electrons. The molecule has 0 aliphatic rings. The number of rotatable bonds is 9. The van der Waals surface area contributed by atoms with Gasteiger partial charge in [0.15, 0.2) is 0 Å². The summed E-state index contributed by atoms with van der Waals surface area (Å²) in [5, 5.41) is 21.1. The summed E-state index contributed by atoms with van der Waals surface area (Å²) in [7, 11) is -1.53. The van der Waals surface area contributed by atoms with Crippen molar-refractivity contribution in [2.75, 3.05) is 5.32 Å². The Balaban J connectivity index is 1.53. The Morgan fingerprint density at radius 1 is 0.909 bits per heavy atom. The van der Waals surface area contributed by atoms with Crippen LogP contribution in [0.5, 0.6) is 0 Å². The fourth-order valence-corrected chi connectivity index (χ4v) is 3.45. The second-order valence-electron chi connectivity index (χ2n) is 8.03. The molecule has 0 saturated heterocycles. The van der Waals surface area contributed by atoms with E-state index in [2.05, 4.69) is 10.8 Å². The van der Waals surface area contributed by atoms with E-state index in [1.807, 2.05) is 44.2 Å². The summed E-state index contributed by atoms with van der Waals surface area (Å²) >= 11 is 0. The van der Waals surface area contributed by atoms with Gasteiger partial charge in [0.2, 0.25) is 5.91 Å². The van der Waals surface area contributed by atoms with Gasteiger partial charge in [-0.05, 0) is 46.8 Å². The van der Waals surface area contributed by atoms with E-state index in [4.69, 9.17) is 14.9 Å². The molecule has 0 heterocycles. The molecule has 0 spiro atoms. The molecule has 0 aromatic heterocycles.